The number of methoxy groups -OCH3 is 1. The maximum atomic E-state index is 11.6. The van der Waals surface area contributed by atoms with Crippen LogP contribution in [0.15, 0.2) is 24.5 Å². The number of aryl methyl sites for hydroxylation is 2. The fourth-order valence-corrected chi connectivity index (χ4v) is 2.28. The lowest BCUT2D eigenvalue weighted by Crippen LogP contribution is -2.10. The summed E-state index contributed by atoms with van der Waals surface area (Å²) in [6.07, 6.45) is 3.80. The largest absolute Gasteiger partial charge is 0.494 e. The van der Waals surface area contributed by atoms with Gasteiger partial charge in [-0.05, 0) is 31.0 Å². The molecule has 2 rings (SSSR count). The van der Waals surface area contributed by atoms with Gasteiger partial charge in [0.15, 0.2) is 0 Å². The molecule has 0 amide bonds. The summed E-state index contributed by atoms with van der Waals surface area (Å²) < 4.78 is 5.37. The molecule has 0 aliphatic heterocycles. The van der Waals surface area contributed by atoms with Crippen molar-refractivity contribution in [3.8, 4) is 16.9 Å². The monoisotopic (exact) mass is 272 g/mol. The molecule has 0 saturated carbocycles. The first-order valence-electron chi connectivity index (χ1n) is 6.31. The van der Waals surface area contributed by atoms with Crippen LogP contribution in [0, 0.1) is 6.92 Å². The maximum Gasteiger partial charge on any atom is 0.338 e. The Hall–Kier alpha value is -2.43. The molecular weight excluding hydrogens is 256 g/mol. The number of aromatic carboxylic acids is 1. The van der Waals surface area contributed by atoms with Crippen LogP contribution in [0.3, 0.4) is 0 Å². The number of hydrogen-bond donors (Lipinski definition) is 1. The molecule has 1 N–H and O–H groups in total. The van der Waals surface area contributed by atoms with Crippen molar-refractivity contribution in [2.75, 3.05) is 7.11 Å². The predicted octanol–water partition coefficient (Wildman–Crippen LogP) is 2.72. The Bertz CT molecular complexity index is 639. The van der Waals surface area contributed by atoms with Gasteiger partial charge in [0, 0.05) is 18.0 Å². The first-order chi connectivity index (χ1) is 9.60. The van der Waals surface area contributed by atoms with Gasteiger partial charge in [-0.15, -0.1) is 0 Å². The molecule has 0 aliphatic rings. The predicted molar refractivity (Wildman–Crippen MR) is 75.1 cm³/mol. The van der Waals surface area contributed by atoms with Gasteiger partial charge in [-0.1, -0.05) is 6.92 Å². The van der Waals surface area contributed by atoms with Crippen molar-refractivity contribution in [3.05, 3.63) is 41.5 Å². The van der Waals surface area contributed by atoms with E-state index in [0.717, 1.165) is 5.56 Å². The van der Waals surface area contributed by atoms with Crippen molar-refractivity contribution >= 4 is 5.97 Å². The minimum absolute atomic E-state index is 0.196. The summed E-state index contributed by atoms with van der Waals surface area (Å²) in [5.74, 6) is -0.509. The van der Waals surface area contributed by atoms with Gasteiger partial charge in [0.2, 0.25) is 0 Å². The highest BCUT2D eigenvalue weighted by Gasteiger charge is 2.23. The van der Waals surface area contributed by atoms with Crippen LogP contribution < -0.4 is 4.74 Å². The third-order valence-corrected chi connectivity index (χ3v) is 3.12. The third kappa shape index (κ3) is 2.34. The zero-order valence-electron chi connectivity index (χ0n) is 11.7. The molecule has 0 aliphatic carbocycles. The number of aromatic nitrogens is 2. The van der Waals surface area contributed by atoms with E-state index < -0.39 is 5.97 Å². The van der Waals surface area contributed by atoms with Crippen LogP contribution in [0.5, 0.6) is 5.75 Å². The van der Waals surface area contributed by atoms with E-state index in [2.05, 4.69) is 9.97 Å². The molecule has 0 bridgehead atoms. The van der Waals surface area contributed by atoms with E-state index >= 15 is 0 Å². The van der Waals surface area contributed by atoms with Gasteiger partial charge in [0.25, 0.3) is 0 Å². The molecule has 20 heavy (non-hydrogen) atoms. The molecule has 0 unspecified atom stereocenters. The second-order valence-corrected chi connectivity index (χ2v) is 4.32. The van der Waals surface area contributed by atoms with Crippen molar-refractivity contribution in [2.45, 2.75) is 20.3 Å². The quantitative estimate of drug-likeness (QED) is 0.926. The molecule has 0 aromatic carbocycles. The first kappa shape index (κ1) is 14.0. The molecule has 2 heterocycles. The van der Waals surface area contributed by atoms with Crippen LogP contribution in [-0.2, 0) is 6.42 Å². The van der Waals surface area contributed by atoms with Crippen molar-refractivity contribution < 1.29 is 14.6 Å². The molecule has 0 saturated heterocycles. The van der Waals surface area contributed by atoms with Gasteiger partial charge in [-0.2, -0.15) is 0 Å². The average Bonchev–Trinajstić information content (AvgIpc) is 2.46. The molecular formula is C15H16N2O3. The number of carboxylic acid groups (broad SMARTS) is 1. The number of ether oxygens (including phenoxy) is 1. The summed E-state index contributed by atoms with van der Waals surface area (Å²) in [4.78, 5) is 20.0. The fraction of sp³-hybridized carbons (Fsp3) is 0.267. The van der Waals surface area contributed by atoms with Gasteiger partial charge in [-0.3, -0.25) is 9.97 Å². The SMILES string of the molecule is CCc1nc(C)c(OC)c(-c2ccncc2)c1C(=O)O. The van der Waals surface area contributed by atoms with Gasteiger partial charge in [0.1, 0.15) is 5.75 Å². The number of carboxylic acids is 1. The van der Waals surface area contributed by atoms with Crippen LogP contribution >= 0.6 is 0 Å². The molecule has 2 aromatic rings. The summed E-state index contributed by atoms with van der Waals surface area (Å²) >= 11 is 0. The lowest BCUT2D eigenvalue weighted by Gasteiger charge is -2.16. The minimum Gasteiger partial charge on any atom is -0.494 e. The van der Waals surface area contributed by atoms with Gasteiger partial charge < -0.3 is 9.84 Å². The Morgan fingerprint density at radius 1 is 1.35 bits per heavy atom. The van der Waals surface area contributed by atoms with Crippen LogP contribution in [0.1, 0.15) is 28.7 Å². The smallest absolute Gasteiger partial charge is 0.338 e. The third-order valence-electron chi connectivity index (χ3n) is 3.12. The number of rotatable bonds is 4. The Balaban J connectivity index is 2.87. The number of carbonyl (C=O) groups is 1. The van der Waals surface area contributed by atoms with E-state index in [9.17, 15) is 9.90 Å². The highest BCUT2D eigenvalue weighted by Crippen LogP contribution is 2.36. The number of hydrogen-bond acceptors (Lipinski definition) is 4. The van der Waals surface area contributed by atoms with Crippen molar-refractivity contribution in [1.82, 2.24) is 9.97 Å². The molecule has 2 aromatic heterocycles. The highest BCUT2D eigenvalue weighted by molar-refractivity contribution is 5.99. The minimum atomic E-state index is -1.00. The van der Waals surface area contributed by atoms with Crippen molar-refractivity contribution in [1.29, 1.82) is 0 Å². The molecule has 104 valence electrons. The molecule has 0 radical (unpaired) electrons. The zero-order chi connectivity index (χ0) is 14.7. The fourth-order valence-electron chi connectivity index (χ4n) is 2.28. The second kappa shape index (κ2) is 5.69. The lowest BCUT2D eigenvalue weighted by atomic mass is 9.96. The van der Waals surface area contributed by atoms with E-state index in [4.69, 9.17) is 4.74 Å². The van der Waals surface area contributed by atoms with Gasteiger partial charge in [0.05, 0.1) is 24.1 Å². The summed E-state index contributed by atoms with van der Waals surface area (Å²) in [6, 6.07) is 3.53. The maximum absolute atomic E-state index is 11.6. The van der Waals surface area contributed by atoms with Crippen LogP contribution in [0.4, 0.5) is 0 Å². The number of pyridine rings is 2. The highest BCUT2D eigenvalue weighted by atomic mass is 16.5. The standard InChI is InChI=1S/C15H16N2O3/c1-4-11-13(15(18)19)12(10-5-7-16-8-6-10)14(20-3)9(2)17-11/h5-8H,4H2,1-3H3,(H,18,19). The van der Waals surface area contributed by atoms with E-state index in [0.29, 0.717) is 29.1 Å². The van der Waals surface area contributed by atoms with Gasteiger partial charge >= 0.3 is 5.97 Å². The normalized spacial score (nSPS) is 10.3. The molecule has 5 nitrogen and oxygen atoms in total. The van der Waals surface area contributed by atoms with E-state index in [-0.39, 0.29) is 5.56 Å². The van der Waals surface area contributed by atoms with Crippen LogP contribution in [0.2, 0.25) is 0 Å². The van der Waals surface area contributed by atoms with E-state index in [1.807, 2.05) is 13.8 Å². The molecule has 5 heteroatoms. The first-order valence-corrected chi connectivity index (χ1v) is 6.31. The Kier molecular flexibility index (Phi) is 3.98. The van der Waals surface area contributed by atoms with Crippen LogP contribution in [-0.4, -0.2) is 28.2 Å². The summed E-state index contributed by atoms with van der Waals surface area (Å²) in [5, 5.41) is 9.54. The molecule has 0 spiro atoms. The van der Waals surface area contributed by atoms with Gasteiger partial charge in [-0.25, -0.2) is 4.79 Å². The molecule has 0 fully saturated rings. The average molecular weight is 272 g/mol. The second-order valence-electron chi connectivity index (χ2n) is 4.32. The summed E-state index contributed by atoms with van der Waals surface area (Å²) in [6.45, 7) is 3.70. The Morgan fingerprint density at radius 3 is 2.50 bits per heavy atom. The Labute approximate surface area is 117 Å². The van der Waals surface area contributed by atoms with E-state index in [1.54, 1.807) is 24.5 Å². The van der Waals surface area contributed by atoms with Crippen LogP contribution in [0.25, 0.3) is 11.1 Å². The van der Waals surface area contributed by atoms with Crippen molar-refractivity contribution in [2.24, 2.45) is 0 Å². The Morgan fingerprint density at radius 2 is 2.00 bits per heavy atom. The topological polar surface area (TPSA) is 72.3 Å². The summed E-state index contributed by atoms with van der Waals surface area (Å²) in [5.41, 5.74) is 2.76. The van der Waals surface area contributed by atoms with Crippen molar-refractivity contribution in [3.63, 3.8) is 0 Å². The number of nitrogens with zero attached hydrogens (tertiary/aromatic N) is 2. The zero-order valence-corrected chi connectivity index (χ0v) is 11.7. The van der Waals surface area contributed by atoms with E-state index in [1.165, 1.54) is 7.11 Å². The summed E-state index contributed by atoms with van der Waals surface area (Å²) in [7, 11) is 1.52. The molecule has 0 atom stereocenters. The lowest BCUT2D eigenvalue weighted by molar-refractivity contribution is 0.0695.